The predicted octanol–water partition coefficient (Wildman–Crippen LogP) is 3.43. The molecular formula is C15H21NOS. The standard InChI is InChI=1S/C15H21NOS/c1-9-10-7-8-13(16)12(10)6-5-11(9)14(18)17-15(2,3)4/h5-6,13H,7-8,16H2,1-4H3. The van der Waals surface area contributed by atoms with Crippen molar-refractivity contribution >= 4 is 17.3 Å². The van der Waals surface area contributed by atoms with E-state index >= 15 is 0 Å². The van der Waals surface area contributed by atoms with E-state index in [0.717, 1.165) is 18.4 Å². The first-order chi connectivity index (χ1) is 8.29. The lowest BCUT2D eigenvalue weighted by molar-refractivity contribution is 0.122. The summed E-state index contributed by atoms with van der Waals surface area (Å²) in [6.07, 6.45) is 2.08. The van der Waals surface area contributed by atoms with Gasteiger partial charge in [0, 0.05) is 11.6 Å². The highest BCUT2D eigenvalue weighted by molar-refractivity contribution is 7.80. The molecule has 0 saturated heterocycles. The SMILES string of the molecule is Cc1c(C(=S)OC(C)(C)C)ccc2c1CCC2N. The van der Waals surface area contributed by atoms with E-state index in [9.17, 15) is 0 Å². The van der Waals surface area contributed by atoms with Crippen LogP contribution in [0, 0.1) is 6.92 Å². The van der Waals surface area contributed by atoms with Gasteiger partial charge in [-0.05, 0) is 75.5 Å². The average molecular weight is 263 g/mol. The van der Waals surface area contributed by atoms with E-state index in [4.69, 9.17) is 22.7 Å². The minimum absolute atomic E-state index is 0.185. The van der Waals surface area contributed by atoms with Crippen LogP contribution in [0.3, 0.4) is 0 Å². The Balaban J connectivity index is 2.34. The number of fused-ring (bicyclic) bond motifs is 1. The lowest BCUT2D eigenvalue weighted by Gasteiger charge is -2.23. The van der Waals surface area contributed by atoms with E-state index in [-0.39, 0.29) is 11.6 Å². The van der Waals surface area contributed by atoms with Gasteiger partial charge in [-0.25, -0.2) is 0 Å². The maximum atomic E-state index is 6.08. The molecule has 0 fully saturated rings. The Morgan fingerprint density at radius 1 is 1.39 bits per heavy atom. The minimum atomic E-state index is -0.251. The summed E-state index contributed by atoms with van der Waals surface area (Å²) in [6, 6.07) is 4.34. The Morgan fingerprint density at radius 2 is 2.06 bits per heavy atom. The minimum Gasteiger partial charge on any atom is -0.477 e. The van der Waals surface area contributed by atoms with Crippen LogP contribution >= 0.6 is 12.2 Å². The molecule has 1 aromatic carbocycles. The molecule has 2 rings (SSSR count). The Morgan fingerprint density at radius 3 is 2.67 bits per heavy atom. The molecule has 3 heteroatoms. The van der Waals surface area contributed by atoms with Crippen LogP contribution in [0.2, 0.25) is 0 Å². The topological polar surface area (TPSA) is 35.2 Å². The number of thiocarbonyl (C=S) groups is 1. The molecular weight excluding hydrogens is 242 g/mol. The van der Waals surface area contributed by atoms with Gasteiger partial charge in [0.05, 0.1) is 0 Å². The van der Waals surface area contributed by atoms with Crippen molar-refractivity contribution in [2.75, 3.05) is 0 Å². The number of rotatable bonds is 1. The van der Waals surface area contributed by atoms with Crippen molar-refractivity contribution in [3.63, 3.8) is 0 Å². The Labute approximate surface area is 115 Å². The van der Waals surface area contributed by atoms with Crippen LogP contribution in [-0.4, -0.2) is 10.7 Å². The zero-order valence-corrected chi connectivity index (χ0v) is 12.4. The van der Waals surface area contributed by atoms with Gasteiger partial charge in [0.25, 0.3) is 0 Å². The maximum Gasteiger partial charge on any atom is 0.191 e. The first-order valence-corrected chi connectivity index (χ1v) is 6.82. The second kappa shape index (κ2) is 4.63. The van der Waals surface area contributed by atoms with Crippen LogP contribution in [0.4, 0.5) is 0 Å². The van der Waals surface area contributed by atoms with Gasteiger partial charge in [-0.3, -0.25) is 0 Å². The summed E-state index contributed by atoms with van der Waals surface area (Å²) in [5.74, 6) is 0. The first kappa shape index (κ1) is 13.5. The van der Waals surface area contributed by atoms with E-state index < -0.39 is 0 Å². The van der Waals surface area contributed by atoms with Gasteiger partial charge in [0.1, 0.15) is 5.60 Å². The summed E-state index contributed by atoms with van der Waals surface area (Å²) < 4.78 is 5.79. The third kappa shape index (κ3) is 2.57. The van der Waals surface area contributed by atoms with E-state index in [0.29, 0.717) is 5.05 Å². The van der Waals surface area contributed by atoms with Crippen LogP contribution in [0.5, 0.6) is 0 Å². The van der Waals surface area contributed by atoms with Crippen molar-refractivity contribution < 1.29 is 4.74 Å². The number of hydrogen-bond donors (Lipinski definition) is 1. The van der Waals surface area contributed by atoms with Gasteiger partial charge in [-0.1, -0.05) is 6.07 Å². The molecule has 0 saturated carbocycles. The number of ether oxygens (including phenoxy) is 1. The van der Waals surface area contributed by atoms with Gasteiger partial charge >= 0.3 is 0 Å². The summed E-state index contributed by atoms with van der Waals surface area (Å²) in [5.41, 5.74) is 10.7. The van der Waals surface area contributed by atoms with Crippen molar-refractivity contribution in [2.45, 2.75) is 52.2 Å². The molecule has 1 aliphatic rings. The first-order valence-electron chi connectivity index (χ1n) is 6.41. The summed E-state index contributed by atoms with van der Waals surface area (Å²) in [4.78, 5) is 0. The fraction of sp³-hybridized carbons (Fsp3) is 0.533. The number of benzene rings is 1. The Hall–Kier alpha value is -0.930. The van der Waals surface area contributed by atoms with Crippen molar-refractivity contribution in [3.8, 4) is 0 Å². The van der Waals surface area contributed by atoms with Crippen LogP contribution in [0.25, 0.3) is 0 Å². The third-order valence-electron chi connectivity index (χ3n) is 3.36. The molecule has 2 nitrogen and oxygen atoms in total. The summed E-state index contributed by atoms with van der Waals surface area (Å²) in [7, 11) is 0. The highest BCUT2D eigenvalue weighted by atomic mass is 32.1. The quantitative estimate of drug-likeness (QED) is 0.788. The van der Waals surface area contributed by atoms with Crippen LogP contribution < -0.4 is 5.73 Å². The molecule has 0 amide bonds. The summed E-state index contributed by atoms with van der Waals surface area (Å²) >= 11 is 5.40. The molecule has 2 N–H and O–H groups in total. The average Bonchev–Trinajstić information content (AvgIpc) is 2.59. The zero-order chi connectivity index (χ0) is 13.5. The van der Waals surface area contributed by atoms with E-state index in [1.54, 1.807) is 0 Å². The van der Waals surface area contributed by atoms with Gasteiger partial charge in [-0.2, -0.15) is 0 Å². The Kier molecular flexibility index (Phi) is 3.47. The highest BCUT2D eigenvalue weighted by Gasteiger charge is 2.24. The van der Waals surface area contributed by atoms with Gasteiger partial charge in [-0.15, -0.1) is 0 Å². The number of nitrogens with two attached hydrogens (primary N) is 1. The normalized spacial score (nSPS) is 18.6. The van der Waals surface area contributed by atoms with E-state index in [2.05, 4.69) is 13.0 Å². The van der Waals surface area contributed by atoms with Crippen molar-refractivity contribution in [1.29, 1.82) is 0 Å². The van der Waals surface area contributed by atoms with Crippen LogP contribution in [0.15, 0.2) is 12.1 Å². The maximum absolute atomic E-state index is 6.08. The van der Waals surface area contributed by atoms with Gasteiger partial charge in [0.15, 0.2) is 5.05 Å². The van der Waals surface area contributed by atoms with Crippen molar-refractivity contribution in [3.05, 3.63) is 34.4 Å². The molecule has 0 radical (unpaired) electrons. The smallest absolute Gasteiger partial charge is 0.191 e. The molecule has 1 aromatic rings. The second-order valence-electron chi connectivity index (χ2n) is 5.95. The Bertz CT molecular complexity index is 488. The van der Waals surface area contributed by atoms with Gasteiger partial charge in [0.2, 0.25) is 0 Å². The van der Waals surface area contributed by atoms with Crippen molar-refractivity contribution in [2.24, 2.45) is 5.73 Å². The fourth-order valence-corrected chi connectivity index (χ4v) is 2.94. The molecule has 0 aliphatic heterocycles. The molecule has 0 heterocycles. The predicted molar refractivity (Wildman–Crippen MR) is 79.0 cm³/mol. The highest BCUT2D eigenvalue weighted by Crippen LogP contribution is 2.33. The van der Waals surface area contributed by atoms with Gasteiger partial charge < -0.3 is 10.5 Å². The van der Waals surface area contributed by atoms with Crippen molar-refractivity contribution in [1.82, 2.24) is 0 Å². The molecule has 18 heavy (non-hydrogen) atoms. The number of hydrogen-bond acceptors (Lipinski definition) is 3. The molecule has 1 unspecified atom stereocenters. The fourth-order valence-electron chi connectivity index (χ4n) is 2.47. The zero-order valence-electron chi connectivity index (χ0n) is 11.5. The van der Waals surface area contributed by atoms with E-state index in [1.165, 1.54) is 16.7 Å². The lowest BCUT2D eigenvalue weighted by atomic mass is 9.98. The summed E-state index contributed by atoms with van der Waals surface area (Å²) in [6.45, 7) is 8.15. The summed E-state index contributed by atoms with van der Waals surface area (Å²) in [5, 5.41) is 0.586. The largest absolute Gasteiger partial charge is 0.477 e. The van der Waals surface area contributed by atoms with E-state index in [1.807, 2.05) is 26.8 Å². The third-order valence-corrected chi connectivity index (χ3v) is 3.66. The molecule has 0 bridgehead atoms. The lowest BCUT2D eigenvalue weighted by Crippen LogP contribution is -2.24. The molecule has 0 aromatic heterocycles. The molecule has 98 valence electrons. The molecule has 1 aliphatic carbocycles. The second-order valence-corrected chi connectivity index (χ2v) is 6.32. The molecule has 0 spiro atoms. The molecule has 1 atom stereocenters. The van der Waals surface area contributed by atoms with Crippen LogP contribution in [0.1, 0.15) is 55.5 Å². The monoisotopic (exact) mass is 263 g/mol. The van der Waals surface area contributed by atoms with Crippen LogP contribution in [-0.2, 0) is 11.2 Å².